The highest BCUT2D eigenvalue weighted by Gasteiger charge is 2.19. The maximum Gasteiger partial charge on any atom is 0.138 e. The van der Waals surface area contributed by atoms with Gasteiger partial charge >= 0.3 is 0 Å². The minimum absolute atomic E-state index is 0.839. The Balaban J connectivity index is 0.920. The highest BCUT2D eigenvalue weighted by atomic mass is 16.3. The Hall–Kier alpha value is -8.61. The van der Waals surface area contributed by atoms with E-state index < -0.39 is 0 Å². The third-order valence-corrected chi connectivity index (χ3v) is 12.4. The van der Waals surface area contributed by atoms with Crippen molar-refractivity contribution in [2.75, 3.05) is 0 Å². The number of benzene rings is 7. The summed E-state index contributed by atoms with van der Waals surface area (Å²) in [7, 11) is 0. The molecule has 0 unspecified atom stereocenters. The lowest BCUT2D eigenvalue weighted by Crippen LogP contribution is -1.98. The second kappa shape index (κ2) is 14.0. The summed E-state index contributed by atoms with van der Waals surface area (Å²) in [4.78, 5) is 14.9. The molecule has 0 aliphatic rings. The van der Waals surface area contributed by atoms with E-state index in [0.29, 0.717) is 0 Å². The van der Waals surface area contributed by atoms with Gasteiger partial charge in [0.1, 0.15) is 11.2 Å². The zero-order valence-corrected chi connectivity index (χ0v) is 33.9. The van der Waals surface area contributed by atoms with E-state index in [9.17, 15) is 0 Å². The number of furan rings is 1. The SMILES string of the molecule is c1ccc(-c2cc(-n3c4ccccc4c4cc(-c5cccc(-c6ccc7c(c6)c6ccccc6n7-c6ccc7oc8ccncc8c7c6)n5)ccc43)cc(-c3ccccc3)n2)cc1. The Morgan fingerprint density at radius 3 is 1.46 bits per heavy atom. The predicted molar refractivity (Wildman–Crippen MR) is 258 cm³/mol. The predicted octanol–water partition coefficient (Wildman–Crippen LogP) is 14.6. The van der Waals surface area contributed by atoms with Gasteiger partial charge in [0, 0.05) is 72.7 Å². The van der Waals surface area contributed by atoms with Gasteiger partial charge in [0.2, 0.25) is 0 Å². The fourth-order valence-corrected chi connectivity index (χ4v) is 9.48. The fourth-order valence-electron chi connectivity index (χ4n) is 9.48. The topological polar surface area (TPSA) is 61.7 Å². The van der Waals surface area contributed by atoms with Gasteiger partial charge in [-0.2, -0.15) is 0 Å². The summed E-state index contributed by atoms with van der Waals surface area (Å²) in [6.45, 7) is 0. The molecule has 294 valence electrons. The van der Waals surface area contributed by atoms with Crippen LogP contribution in [0.5, 0.6) is 0 Å². The van der Waals surface area contributed by atoms with Crippen LogP contribution >= 0.6 is 0 Å². The first-order valence-corrected chi connectivity index (χ1v) is 21.2. The van der Waals surface area contributed by atoms with Gasteiger partial charge in [0.05, 0.1) is 50.5 Å². The van der Waals surface area contributed by atoms with Crippen LogP contribution in [0.15, 0.2) is 217 Å². The van der Waals surface area contributed by atoms with E-state index in [1.54, 1.807) is 6.20 Å². The van der Waals surface area contributed by atoms with Gasteiger partial charge in [0.25, 0.3) is 0 Å². The van der Waals surface area contributed by atoms with Gasteiger partial charge < -0.3 is 13.6 Å². The number of para-hydroxylation sites is 2. The van der Waals surface area contributed by atoms with Crippen LogP contribution in [0.1, 0.15) is 0 Å². The number of hydrogen-bond donors (Lipinski definition) is 0. The Morgan fingerprint density at radius 1 is 0.317 bits per heavy atom. The molecule has 6 nitrogen and oxygen atoms in total. The van der Waals surface area contributed by atoms with Crippen molar-refractivity contribution in [2.45, 2.75) is 0 Å². The Morgan fingerprint density at radius 2 is 0.841 bits per heavy atom. The number of pyridine rings is 3. The highest BCUT2D eigenvalue weighted by Crippen LogP contribution is 2.39. The number of aromatic nitrogens is 5. The summed E-state index contributed by atoms with van der Waals surface area (Å²) in [6.07, 6.45) is 3.65. The van der Waals surface area contributed by atoms with Crippen LogP contribution in [0, 0.1) is 0 Å². The van der Waals surface area contributed by atoms with Gasteiger partial charge in [-0.1, -0.05) is 115 Å². The van der Waals surface area contributed by atoms with Gasteiger partial charge in [-0.15, -0.1) is 0 Å². The lowest BCUT2D eigenvalue weighted by atomic mass is 10.0. The molecule has 6 aromatic heterocycles. The minimum atomic E-state index is 0.839. The van der Waals surface area contributed by atoms with E-state index in [0.717, 1.165) is 100 Å². The van der Waals surface area contributed by atoms with Crippen molar-refractivity contribution in [1.82, 2.24) is 24.1 Å². The second-order valence-electron chi connectivity index (χ2n) is 16.1. The van der Waals surface area contributed by atoms with Gasteiger partial charge in [0.15, 0.2) is 0 Å². The van der Waals surface area contributed by atoms with Crippen molar-refractivity contribution in [3.63, 3.8) is 0 Å². The van der Waals surface area contributed by atoms with Crippen molar-refractivity contribution >= 4 is 65.6 Å². The molecule has 6 heteroatoms. The lowest BCUT2D eigenvalue weighted by Gasteiger charge is -2.13. The van der Waals surface area contributed by atoms with Gasteiger partial charge in [-0.05, 0) is 84.9 Å². The first-order valence-electron chi connectivity index (χ1n) is 21.2. The molecule has 6 heterocycles. The number of fused-ring (bicyclic) bond motifs is 9. The van der Waals surface area contributed by atoms with Crippen LogP contribution in [0.2, 0.25) is 0 Å². The maximum absolute atomic E-state index is 6.14. The third-order valence-electron chi connectivity index (χ3n) is 12.4. The smallest absolute Gasteiger partial charge is 0.138 e. The van der Waals surface area contributed by atoms with E-state index in [-0.39, 0.29) is 0 Å². The summed E-state index contributed by atoms with van der Waals surface area (Å²) in [5.41, 5.74) is 16.3. The zero-order valence-electron chi connectivity index (χ0n) is 33.9. The van der Waals surface area contributed by atoms with Crippen LogP contribution in [-0.4, -0.2) is 24.1 Å². The normalized spacial score (nSPS) is 11.8. The summed E-state index contributed by atoms with van der Waals surface area (Å²) in [5, 5.41) is 6.77. The van der Waals surface area contributed by atoms with Crippen LogP contribution in [0.4, 0.5) is 0 Å². The molecule has 0 aliphatic heterocycles. The second-order valence-corrected chi connectivity index (χ2v) is 16.1. The van der Waals surface area contributed by atoms with Crippen molar-refractivity contribution in [3.8, 4) is 56.4 Å². The lowest BCUT2D eigenvalue weighted by molar-refractivity contribution is 0.668. The molecule has 0 saturated heterocycles. The largest absolute Gasteiger partial charge is 0.456 e. The third kappa shape index (κ3) is 5.69. The first kappa shape index (κ1) is 35.2. The molecule has 13 aromatic rings. The Kier molecular flexibility index (Phi) is 7.80. The summed E-state index contributed by atoms with van der Waals surface area (Å²) in [6, 6.07) is 70.7. The Bertz CT molecular complexity index is 3860. The molecule has 0 N–H and O–H groups in total. The molecular formula is C57H35N5O. The van der Waals surface area contributed by atoms with Crippen molar-refractivity contribution < 1.29 is 4.42 Å². The standard InChI is InChI=1S/C57H35N5O/c1-3-12-36(13-4-1)50-33-41(34-51(60-50)37-14-5-2-6-15-37)62-53-21-10-8-17-43(53)45-31-39(23-26-55(45)62)49-19-11-18-48(59-49)38-22-25-54-44(30-38)42-16-7-9-20-52(42)61(54)40-24-27-56-46(32-40)47-35-58-29-28-57(47)63-56/h1-35H. The molecule has 13 rings (SSSR count). The molecular weight excluding hydrogens is 771 g/mol. The number of hydrogen-bond acceptors (Lipinski definition) is 4. The molecule has 0 aliphatic carbocycles. The quantitative estimate of drug-likeness (QED) is 0.168. The first-order chi connectivity index (χ1) is 31.2. The van der Waals surface area contributed by atoms with Crippen molar-refractivity contribution in [1.29, 1.82) is 0 Å². The highest BCUT2D eigenvalue weighted by molar-refractivity contribution is 6.12. The average Bonchev–Trinajstić information content (AvgIpc) is 4.01. The van der Waals surface area contributed by atoms with Crippen molar-refractivity contribution in [3.05, 3.63) is 213 Å². The minimum Gasteiger partial charge on any atom is -0.456 e. The summed E-state index contributed by atoms with van der Waals surface area (Å²) in [5.74, 6) is 0. The van der Waals surface area contributed by atoms with Crippen LogP contribution in [-0.2, 0) is 0 Å². The Labute approximate surface area is 361 Å². The van der Waals surface area contributed by atoms with E-state index in [4.69, 9.17) is 14.4 Å². The van der Waals surface area contributed by atoms with Crippen LogP contribution in [0.3, 0.4) is 0 Å². The van der Waals surface area contributed by atoms with Gasteiger partial charge in [-0.3, -0.25) is 4.98 Å². The molecule has 63 heavy (non-hydrogen) atoms. The molecule has 7 aromatic carbocycles. The average molecular weight is 806 g/mol. The van der Waals surface area contributed by atoms with E-state index in [1.165, 1.54) is 21.5 Å². The number of rotatable bonds is 6. The molecule has 0 spiro atoms. The summed E-state index contributed by atoms with van der Waals surface area (Å²) < 4.78 is 10.9. The monoisotopic (exact) mass is 805 g/mol. The van der Waals surface area contributed by atoms with E-state index >= 15 is 0 Å². The van der Waals surface area contributed by atoms with E-state index in [1.807, 2.05) is 24.4 Å². The van der Waals surface area contributed by atoms with Crippen molar-refractivity contribution in [2.24, 2.45) is 0 Å². The molecule has 0 saturated carbocycles. The molecule has 0 atom stereocenters. The fraction of sp³-hybridized carbons (Fsp3) is 0. The molecule has 0 amide bonds. The molecule has 0 fully saturated rings. The van der Waals surface area contributed by atoms with Gasteiger partial charge in [-0.25, -0.2) is 9.97 Å². The zero-order chi connectivity index (χ0) is 41.4. The van der Waals surface area contributed by atoms with Crippen LogP contribution in [0.25, 0.3) is 122 Å². The summed E-state index contributed by atoms with van der Waals surface area (Å²) >= 11 is 0. The van der Waals surface area contributed by atoms with Crippen LogP contribution < -0.4 is 0 Å². The molecule has 0 radical (unpaired) electrons. The number of nitrogens with zero attached hydrogens (tertiary/aromatic N) is 5. The maximum atomic E-state index is 6.14. The molecule has 0 bridgehead atoms. The van der Waals surface area contributed by atoms with E-state index in [2.05, 4.69) is 196 Å².